The van der Waals surface area contributed by atoms with Crippen LogP contribution in [0.1, 0.15) is 9.75 Å². The highest BCUT2D eigenvalue weighted by molar-refractivity contribution is 9.09. The predicted octanol–water partition coefficient (Wildman–Crippen LogP) is 8.45. The molecule has 2 aromatic heterocycles. The first-order valence-corrected chi connectivity index (χ1v) is 12.1. The van der Waals surface area contributed by atoms with E-state index in [9.17, 15) is 0 Å². The number of hydrogen-bond donors (Lipinski definition) is 0. The van der Waals surface area contributed by atoms with Gasteiger partial charge in [0.15, 0.2) is 0 Å². The van der Waals surface area contributed by atoms with Crippen LogP contribution in [-0.4, -0.2) is 10.7 Å². The fraction of sp³-hybridized carbons (Fsp3) is 0.222. The summed E-state index contributed by atoms with van der Waals surface area (Å²) < 4.78 is 2.56. The highest BCUT2D eigenvalue weighted by Gasteiger charge is 2.17. The summed E-state index contributed by atoms with van der Waals surface area (Å²) >= 11 is 23.9. The smallest absolute Gasteiger partial charge is 0.0624 e. The summed E-state index contributed by atoms with van der Waals surface area (Å²) in [6.07, 6.45) is 1.91. The topological polar surface area (TPSA) is 0 Å². The lowest BCUT2D eigenvalue weighted by Crippen LogP contribution is -1.79. The maximum atomic E-state index is 6.63. The quantitative estimate of drug-likeness (QED) is 0.236. The third kappa shape index (κ3) is 2.74. The third-order valence-electron chi connectivity index (χ3n) is 4.15. The van der Waals surface area contributed by atoms with Crippen molar-refractivity contribution in [3.63, 3.8) is 0 Å². The van der Waals surface area contributed by atoms with Crippen molar-refractivity contribution >= 4 is 109 Å². The van der Waals surface area contributed by atoms with Gasteiger partial charge in [-0.3, -0.25) is 0 Å². The van der Waals surface area contributed by atoms with Gasteiger partial charge in [0, 0.05) is 46.0 Å². The molecule has 0 radical (unpaired) electrons. The number of thiophene rings is 2. The average molecular weight is 523 g/mol. The van der Waals surface area contributed by atoms with E-state index in [0.717, 1.165) is 44.3 Å². The molecule has 0 aliphatic rings. The zero-order valence-corrected chi connectivity index (χ0v) is 18.8. The van der Waals surface area contributed by atoms with Crippen LogP contribution in [0.25, 0.3) is 30.9 Å². The van der Waals surface area contributed by atoms with Crippen LogP contribution in [0, 0.1) is 0 Å². The molecule has 2 heterocycles. The molecule has 0 aliphatic carbocycles. The Hall–Kier alpha value is 0.160. The van der Waals surface area contributed by atoms with Crippen molar-refractivity contribution in [1.82, 2.24) is 0 Å². The molecule has 0 saturated heterocycles. The molecule has 0 bridgehead atoms. The fourth-order valence-electron chi connectivity index (χ4n) is 3.04. The molecule has 2 aromatic carbocycles. The highest BCUT2D eigenvalue weighted by Crippen LogP contribution is 2.46. The van der Waals surface area contributed by atoms with E-state index in [0.29, 0.717) is 0 Å². The summed E-state index contributed by atoms with van der Waals surface area (Å²) in [5.74, 6) is 0. The van der Waals surface area contributed by atoms with E-state index < -0.39 is 0 Å². The maximum absolute atomic E-state index is 6.63. The van der Waals surface area contributed by atoms with E-state index in [-0.39, 0.29) is 0 Å². The summed E-state index contributed by atoms with van der Waals surface area (Å²) in [5, 5.41) is 8.51. The number of rotatable bonds is 4. The molecule has 0 aliphatic heterocycles. The lowest BCUT2D eigenvalue weighted by Gasteiger charge is -2.02. The Bertz CT molecular complexity index is 984. The van der Waals surface area contributed by atoms with E-state index in [2.05, 4.69) is 56.1 Å². The van der Waals surface area contributed by atoms with Gasteiger partial charge in [-0.2, -0.15) is 0 Å². The van der Waals surface area contributed by atoms with Gasteiger partial charge in [-0.15, -0.1) is 22.7 Å². The monoisotopic (exact) mass is 520 g/mol. The molecule has 0 N–H and O–H groups in total. The molecule has 0 nitrogen and oxygen atoms in total. The summed E-state index contributed by atoms with van der Waals surface area (Å²) in [6, 6.07) is 8.64. The second kappa shape index (κ2) is 7.05. The van der Waals surface area contributed by atoms with E-state index >= 15 is 0 Å². The van der Waals surface area contributed by atoms with Crippen LogP contribution >= 0.6 is 77.7 Å². The molecule has 0 fully saturated rings. The van der Waals surface area contributed by atoms with Crippen LogP contribution in [0.15, 0.2) is 24.3 Å². The maximum Gasteiger partial charge on any atom is 0.0624 e. The zero-order valence-electron chi connectivity index (χ0n) is 12.5. The molecule has 4 rings (SSSR count). The molecular weight excluding hydrogens is 511 g/mol. The van der Waals surface area contributed by atoms with Crippen LogP contribution in [0.2, 0.25) is 10.0 Å². The normalized spacial score (nSPS) is 12.0. The van der Waals surface area contributed by atoms with Crippen molar-refractivity contribution in [1.29, 1.82) is 0 Å². The molecule has 4 aromatic rings. The van der Waals surface area contributed by atoms with Crippen molar-refractivity contribution < 1.29 is 0 Å². The minimum absolute atomic E-state index is 0.900. The van der Waals surface area contributed by atoms with Gasteiger partial charge < -0.3 is 0 Å². The van der Waals surface area contributed by atoms with Crippen molar-refractivity contribution in [2.45, 2.75) is 12.8 Å². The summed E-state index contributed by atoms with van der Waals surface area (Å²) in [4.78, 5) is 2.49. The molecule has 124 valence electrons. The standard InChI is InChI=1S/C18H12Br2Cl2S2/c19-7-5-12-15(21)10-3-1-9-2-4-11-16(22)13(6-8-20)24-18(11)14(9)17(10)23-12/h1-4H,5-8H2. The van der Waals surface area contributed by atoms with Crippen molar-refractivity contribution in [2.24, 2.45) is 0 Å². The predicted molar refractivity (Wildman–Crippen MR) is 120 cm³/mol. The number of alkyl halides is 2. The summed E-state index contributed by atoms with van der Waals surface area (Å²) in [7, 11) is 0. The molecule has 6 heteroatoms. The Morgan fingerprint density at radius 2 is 1.21 bits per heavy atom. The summed E-state index contributed by atoms with van der Waals surface area (Å²) in [5.41, 5.74) is 0. The lowest BCUT2D eigenvalue weighted by atomic mass is 10.1. The minimum Gasteiger partial charge on any atom is -0.138 e. The van der Waals surface area contributed by atoms with E-state index in [1.165, 1.54) is 29.9 Å². The second-order valence-electron chi connectivity index (χ2n) is 5.54. The van der Waals surface area contributed by atoms with Crippen LogP contribution in [0.3, 0.4) is 0 Å². The van der Waals surface area contributed by atoms with Crippen LogP contribution in [0.5, 0.6) is 0 Å². The first-order chi connectivity index (χ1) is 11.7. The van der Waals surface area contributed by atoms with Gasteiger partial charge in [-0.1, -0.05) is 79.3 Å². The van der Waals surface area contributed by atoms with E-state index in [1.54, 1.807) is 0 Å². The lowest BCUT2D eigenvalue weighted by molar-refractivity contribution is 1.22. The van der Waals surface area contributed by atoms with Crippen molar-refractivity contribution in [3.05, 3.63) is 44.1 Å². The van der Waals surface area contributed by atoms with Crippen LogP contribution < -0.4 is 0 Å². The summed E-state index contributed by atoms with van der Waals surface area (Å²) in [6.45, 7) is 0. The van der Waals surface area contributed by atoms with Crippen LogP contribution in [-0.2, 0) is 12.8 Å². The minimum atomic E-state index is 0.900. The molecule has 0 saturated carbocycles. The number of hydrogen-bond acceptors (Lipinski definition) is 2. The van der Waals surface area contributed by atoms with Crippen LogP contribution in [0.4, 0.5) is 0 Å². The van der Waals surface area contributed by atoms with Gasteiger partial charge in [0.1, 0.15) is 0 Å². The Kier molecular flexibility index (Phi) is 5.16. The van der Waals surface area contributed by atoms with Crippen molar-refractivity contribution in [3.8, 4) is 0 Å². The Morgan fingerprint density at radius 3 is 1.62 bits per heavy atom. The van der Waals surface area contributed by atoms with Gasteiger partial charge in [0.05, 0.1) is 10.0 Å². The Balaban J connectivity index is 2.13. The molecule has 24 heavy (non-hydrogen) atoms. The zero-order chi connectivity index (χ0) is 16.8. The van der Waals surface area contributed by atoms with E-state index in [4.69, 9.17) is 23.2 Å². The van der Waals surface area contributed by atoms with Gasteiger partial charge in [0.25, 0.3) is 0 Å². The number of fused-ring (bicyclic) bond motifs is 5. The number of halogens is 4. The molecule has 0 unspecified atom stereocenters. The molecule has 0 amide bonds. The molecular formula is C18H12Br2Cl2S2. The van der Waals surface area contributed by atoms with E-state index in [1.807, 2.05) is 22.7 Å². The first kappa shape index (κ1) is 17.6. The Labute approximate surface area is 175 Å². The molecule has 0 atom stereocenters. The average Bonchev–Trinajstić information content (AvgIpc) is 3.07. The first-order valence-electron chi connectivity index (χ1n) is 7.51. The van der Waals surface area contributed by atoms with Gasteiger partial charge >= 0.3 is 0 Å². The van der Waals surface area contributed by atoms with Crippen molar-refractivity contribution in [2.75, 3.05) is 10.7 Å². The van der Waals surface area contributed by atoms with Gasteiger partial charge in [-0.05, 0) is 18.2 Å². The van der Waals surface area contributed by atoms with Gasteiger partial charge in [-0.25, -0.2) is 0 Å². The third-order valence-corrected chi connectivity index (χ3v) is 8.59. The highest BCUT2D eigenvalue weighted by atomic mass is 79.9. The fourth-order valence-corrected chi connectivity index (χ4v) is 7.78. The second-order valence-corrected chi connectivity index (χ2v) is 10.1. The van der Waals surface area contributed by atoms with Gasteiger partial charge in [0.2, 0.25) is 0 Å². The SMILES string of the molecule is Clc1c(CCBr)sc2c1ccc1ccc3c(Cl)c(CCBr)sc3c12. The molecule has 0 spiro atoms. The largest absolute Gasteiger partial charge is 0.138 e. The number of benzene rings is 2. The number of aryl methyl sites for hydroxylation is 2. The Morgan fingerprint density at radius 1 is 0.750 bits per heavy atom.